The molecule has 0 bridgehead atoms. The fourth-order valence-electron chi connectivity index (χ4n) is 4.59. The van der Waals surface area contributed by atoms with Gasteiger partial charge in [-0.25, -0.2) is 8.78 Å². The maximum absolute atomic E-state index is 15.6. The van der Waals surface area contributed by atoms with Crippen LogP contribution in [0, 0.1) is 23.5 Å². The monoisotopic (exact) mass is 648 g/mol. The molecule has 0 spiro atoms. The van der Waals surface area contributed by atoms with E-state index in [0.717, 1.165) is 22.7 Å². The Morgan fingerprint density at radius 3 is 1.73 bits per heavy atom. The fourth-order valence-corrected chi connectivity index (χ4v) is 6.66. The number of Topliss-reactive ketones (excluding diaryl/α,β-unsaturated/α-hetero) is 2. The normalized spacial score (nSPS) is 12.7. The van der Waals surface area contributed by atoms with Crippen molar-refractivity contribution in [1.82, 2.24) is 0 Å². The van der Waals surface area contributed by atoms with Crippen LogP contribution in [0.25, 0.3) is 20.2 Å². The van der Waals surface area contributed by atoms with Gasteiger partial charge in [0.05, 0.1) is 42.4 Å². The molecule has 0 fully saturated rings. The second-order valence-corrected chi connectivity index (χ2v) is 12.5. The molecular formula is C31H30F2O9S2. The van der Waals surface area contributed by atoms with Gasteiger partial charge in [0.25, 0.3) is 0 Å². The third kappa shape index (κ3) is 6.83. The number of rotatable bonds is 15. The molecule has 2 atom stereocenters. The largest absolute Gasteiger partial charge is 0.496 e. The number of carboxylic acid groups (broad SMARTS) is 2. The van der Waals surface area contributed by atoms with Gasteiger partial charge in [0, 0.05) is 44.6 Å². The van der Waals surface area contributed by atoms with Crippen LogP contribution in [0.15, 0.2) is 24.3 Å². The molecule has 2 unspecified atom stereocenters. The van der Waals surface area contributed by atoms with Gasteiger partial charge in [-0.2, -0.15) is 0 Å². The molecule has 0 amide bonds. The number of carboxylic acids is 2. The topological polar surface area (TPSA) is 136 Å². The average Bonchev–Trinajstić information content (AvgIpc) is 3.62. The Labute approximate surface area is 259 Å². The highest BCUT2D eigenvalue weighted by Crippen LogP contribution is 2.41. The summed E-state index contributed by atoms with van der Waals surface area (Å²) in [6.45, 7) is 2.83. The SMILES string of the molecule is COc1cc2sc(C(=O)CC(C)C(=O)O)cc2c(F)c1CCCOc1c(OC)cc2sc(C(=O)CC(C)C(=O)O)cc2c1F. The lowest BCUT2D eigenvalue weighted by atomic mass is 10.0. The van der Waals surface area contributed by atoms with E-state index in [1.165, 1.54) is 40.2 Å². The minimum absolute atomic E-state index is 0.0219. The summed E-state index contributed by atoms with van der Waals surface area (Å²) < 4.78 is 48.5. The number of carbonyl (C=O) groups is 4. The molecule has 2 N–H and O–H groups in total. The number of carbonyl (C=O) groups excluding carboxylic acids is 2. The first-order valence-corrected chi connectivity index (χ1v) is 15.2. The van der Waals surface area contributed by atoms with Gasteiger partial charge in [0.1, 0.15) is 11.6 Å². The van der Waals surface area contributed by atoms with Gasteiger partial charge < -0.3 is 24.4 Å². The van der Waals surface area contributed by atoms with Gasteiger partial charge in [-0.15, -0.1) is 22.7 Å². The van der Waals surface area contributed by atoms with Crippen LogP contribution < -0.4 is 14.2 Å². The van der Waals surface area contributed by atoms with Crippen molar-refractivity contribution in [2.45, 2.75) is 39.5 Å². The highest BCUT2D eigenvalue weighted by atomic mass is 32.1. The van der Waals surface area contributed by atoms with Crippen molar-refractivity contribution in [1.29, 1.82) is 0 Å². The highest BCUT2D eigenvalue weighted by molar-refractivity contribution is 7.21. The summed E-state index contributed by atoms with van der Waals surface area (Å²) in [5, 5.41) is 18.6. The molecule has 13 heteroatoms. The zero-order valence-corrected chi connectivity index (χ0v) is 26.0. The summed E-state index contributed by atoms with van der Waals surface area (Å²) in [6, 6.07) is 5.96. The van der Waals surface area contributed by atoms with Crippen LogP contribution in [-0.2, 0) is 16.0 Å². The summed E-state index contributed by atoms with van der Waals surface area (Å²) >= 11 is 2.09. The predicted octanol–water partition coefficient (Wildman–Crippen LogP) is 7.01. The molecule has 2 aromatic heterocycles. The lowest BCUT2D eigenvalue weighted by molar-refractivity contribution is -0.141. The number of hydrogen-bond acceptors (Lipinski definition) is 9. The lowest BCUT2D eigenvalue weighted by Gasteiger charge is -2.14. The van der Waals surface area contributed by atoms with E-state index >= 15 is 8.78 Å². The summed E-state index contributed by atoms with van der Waals surface area (Å²) in [7, 11) is 2.74. The summed E-state index contributed by atoms with van der Waals surface area (Å²) in [5.41, 5.74) is 0.249. The summed E-state index contributed by atoms with van der Waals surface area (Å²) in [6.07, 6.45) is -0.00998. The van der Waals surface area contributed by atoms with Crippen LogP contribution >= 0.6 is 22.7 Å². The van der Waals surface area contributed by atoms with E-state index in [4.69, 9.17) is 24.4 Å². The van der Waals surface area contributed by atoms with Gasteiger partial charge in [0.15, 0.2) is 28.9 Å². The van der Waals surface area contributed by atoms with E-state index in [-0.39, 0.29) is 81.4 Å². The number of halogens is 2. The van der Waals surface area contributed by atoms with Crippen LogP contribution in [0.1, 0.15) is 58.0 Å². The van der Waals surface area contributed by atoms with E-state index < -0.39 is 41.2 Å². The van der Waals surface area contributed by atoms with Crippen molar-refractivity contribution in [3.63, 3.8) is 0 Å². The second-order valence-electron chi connectivity index (χ2n) is 10.3. The minimum atomic E-state index is -1.10. The number of thiophene rings is 2. The maximum atomic E-state index is 15.6. The van der Waals surface area contributed by atoms with E-state index in [1.807, 2.05) is 0 Å². The molecule has 0 saturated carbocycles. The maximum Gasteiger partial charge on any atom is 0.306 e. The molecule has 2 heterocycles. The first-order valence-electron chi connectivity index (χ1n) is 13.6. The second kappa shape index (κ2) is 13.7. The van der Waals surface area contributed by atoms with Crippen molar-refractivity contribution >= 4 is 66.4 Å². The molecule has 0 radical (unpaired) electrons. The average molecular weight is 649 g/mol. The summed E-state index contributed by atoms with van der Waals surface area (Å²) in [5.74, 6) is -5.85. The molecule has 44 heavy (non-hydrogen) atoms. The number of benzene rings is 2. The highest BCUT2D eigenvalue weighted by Gasteiger charge is 2.24. The molecular weight excluding hydrogens is 618 g/mol. The minimum Gasteiger partial charge on any atom is -0.496 e. The number of ketones is 2. The third-order valence-electron chi connectivity index (χ3n) is 7.14. The number of ether oxygens (including phenoxy) is 3. The Hall–Kier alpha value is -4.10. The van der Waals surface area contributed by atoms with Crippen molar-refractivity contribution in [2.24, 2.45) is 11.8 Å². The van der Waals surface area contributed by atoms with Crippen LogP contribution in [0.3, 0.4) is 0 Å². The van der Waals surface area contributed by atoms with Gasteiger partial charge in [-0.1, -0.05) is 13.8 Å². The van der Waals surface area contributed by atoms with Crippen molar-refractivity contribution in [3.05, 3.63) is 51.2 Å². The van der Waals surface area contributed by atoms with Crippen LogP contribution in [-0.4, -0.2) is 54.5 Å². The predicted molar refractivity (Wildman–Crippen MR) is 162 cm³/mol. The standard InChI is InChI=1S/C31H30F2O9S2/c1-14(30(36)37)8-19(34)25-10-17-23(43-25)12-21(40-3)16(27(17)32)6-5-7-42-29-22(41-4)13-24-18(28(29)33)11-26(44-24)20(35)9-15(2)31(38)39/h10-15H,5-9H2,1-4H3,(H,36,37)(H,38,39). The van der Waals surface area contributed by atoms with E-state index in [0.29, 0.717) is 9.40 Å². The van der Waals surface area contributed by atoms with E-state index in [9.17, 15) is 19.2 Å². The zero-order chi connectivity index (χ0) is 32.3. The molecule has 4 aromatic rings. The Balaban J connectivity index is 1.51. The van der Waals surface area contributed by atoms with Crippen molar-refractivity contribution < 1.29 is 52.4 Å². The molecule has 2 aromatic carbocycles. The molecule has 0 saturated heterocycles. The van der Waals surface area contributed by atoms with Crippen LogP contribution in [0.4, 0.5) is 8.78 Å². The number of hydrogen-bond donors (Lipinski definition) is 2. The van der Waals surface area contributed by atoms with E-state index in [2.05, 4.69) is 0 Å². The fraction of sp³-hybridized carbons (Fsp3) is 0.355. The van der Waals surface area contributed by atoms with Crippen molar-refractivity contribution in [3.8, 4) is 17.2 Å². The Kier molecular flexibility index (Phi) is 10.2. The molecule has 234 valence electrons. The van der Waals surface area contributed by atoms with Gasteiger partial charge in [0.2, 0.25) is 0 Å². The molecule has 0 aliphatic heterocycles. The van der Waals surface area contributed by atoms with Gasteiger partial charge in [-0.05, 0) is 31.0 Å². The Morgan fingerprint density at radius 1 is 0.773 bits per heavy atom. The first-order chi connectivity index (χ1) is 20.9. The zero-order valence-electron chi connectivity index (χ0n) is 24.3. The Morgan fingerprint density at radius 2 is 1.25 bits per heavy atom. The Bertz CT molecular complexity index is 1630. The van der Waals surface area contributed by atoms with Gasteiger partial charge in [-0.3, -0.25) is 19.2 Å². The lowest BCUT2D eigenvalue weighted by Crippen LogP contribution is -2.14. The molecule has 0 aliphatic carbocycles. The number of aliphatic carboxylic acids is 2. The molecule has 0 aliphatic rings. The van der Waals surface area contributed by atoms with E-state index in [1.54, 1.807) is 12.1 Å². The third-order valence-corrected chi connectivity index (χ3v) is 9.38. The quantitative estimate of drug-likeness (QED) is 0.103. The van der Waals surface area contributed by atoms with Crippen LogP contribution in [0.5, 0.6) is 17.2 Å². The first kappa shape index (κ1) is 32.8. The number of methoxy groups -OCH3 is 2. The smallest absolute Gasteiger partial charge is 0.306 e. The number of fused-ring (bicyclic) bond motifs is 2. The molecule has 9 nitrogen and oxygen atoms in total. The molecule has 4 rings (SSSR count). The summed E-state index contributed by atoms with van der Waals surface area (Å²) in [4.78, 5) is 47.9. The van der Waals surface area contributed by atoms with Crippen LogP contribution in [0.2, 0.25) is 0 Å². The van der Waals surface area contributed by atoms with Gasteiger partial charge >= 0.3 is 11.9 Å². The van der Waals surface area contributed by atoms with Crippen molar-refractivity contribution in [2.75, 3.05) is 20.8 Å².